The van der Waals surface area contributed by atoms with E-state index in [0.29, 0.717) is 11.9 Å². The molecule has 0 saturated carbocycles. The first-order valence-corrected chi connectivity index (χ1v) is 10.3. The third kappa shape index (κ3) is 4.20. The van der Waals surface area contributed by atoms with Gasteiger partial charge in [-0.15, -0.1) is 0 Å². The largest absolute Gasteiger partial charge is 0.453 e. The molecule has 0 radical (unpaired) electrons. The molecule has 0 atom stereocenters. The van der Waals surface area contributed by atoms with Crippen LogP contribution >= 0.6 is 0 Å². The Labute approximate surface area is 166 Å². The number of halogens is 1. The number of ether oxygens (including phenoxy) is 1. The lowest BCUT2D eigenvalue weighted by atomic mass is 10.1. The van der Waals surface area contributed by atoms with Crippen molar-refractivity contribution in [2.45, 2.75) is 13.3 Å². The van der Waals surface area contributed by atoms with E-state index in [4.69, 9.17) is 4.74 Å². The van der Waals surface area contributed by atoms with Gasteiger partial charge < -0.3 is 9.30 Å². The number of nitrogens with zero attached hydrogens (tertiary/aromatic N) is 3. The quantitative estimate of drug-likeness (QED) is 0.661. The van der Waals surface area contributed by atoms with Gasteiger partial charge >= 0.3 is 0 Å². The number of nitriles is 1. The highest BCUT2D eigenvalue weighted by atomic mass is 32.2. The lowest BCUT2D eigenvalue weighted by Gasteiger charge is -2.14. The number of hydrogen-bond acceptors (Lipinski definition) is 6. The highest BCUT2D eigenvalue weighted by molar-refractivity contribution is 7.92. The van der Waals surface area contributed by atoms with Gasteiger partial charge in [0, 0.05) is 7.05 Å². The van der Waals surface area contributed by atoms with Crippen LogP contribution in [0.2, 0.25) is 0 Å². The lowest BCUT2D eigenvalue weighted by molar-refractivity contribution is 0.441. The van der Waals surface area contributed by atoms with Gasteiger partial charge in [0.2, 0.25) is 10.0 Å². The maximum atomic E-state index is 14.4. The first-order chi connectivity index (χ1) is 13.8. The zero-order chi connectivity index (χ0) is 21.2. The molecular weight excluding hydrogens is 399 g/mol. The first kappa shape index (κ1) is 20.3. The number of hydrogen-bond donors (Lipinski definition) is 1. The summed E-state index contributed by atoms with van der Waals surface area (Å²) >= 11 is 0. The zero-order valence-electron chi connectivity index (χ0n) is 15.6. The fourth-order valence-corrected chi connectivity index (χ4v) is 3.86. The van der Waals surface area contributed by atoms with Crippen LogP contribution in [-0.4, -0.2) is 23.7 Å². The van der Waals surface area contributed by atoms with Crippen molar-refractivity contribution in [3.63, 3.8) is 0 Å². The molecule has 1 heterocycles. The summed E-state index contributed by atoms with van der Waals surface area (Å²) in [7, 11) is -2.15. The predicted molar refractivity (Wildman–Crippen MR) is 106 cm³/mol. The van der Waals surface area contributed by atoms with Crippen LogP contribution in [0, 0.1) is 17.1 Å². The molecule has 0 spiro atoms. The van der Waals surface area contributed by atoms with Crippen LogP contribution < -0.4 is 15.0 Å². The summed E-state index contributed by atoms with van der Waals surface area (Å²) in [6.07, 6.45) is 1.76. The first-order valence-electron chi connectivity index (χ1n) is 8.62. The number of aryl methyl sites for hydroxylation is 1. The molecule has 3 aromatic rings. The van der Waals surface area contributed by atoms with Crippen molar-refractivity contribution in [3.8, 4) is 17.6 Å². The van der Waals surface area contributed by atoms with Gasteiger partial charge in [0.05, 0.1) is 28.7 Å². The summed E-state index contributed by atoms with van der Waals surface area (Å²) in [4.78, 5) is 16.4. The Kier molecular flexibility index (Phi) is 5.52. The second-order valence-corrected chi connectivity index (χ2v) is 8.12. The van der Waals surface area contributed by atoms with Gasteiger partial charge in [0.1, 0.15) is 17.4 Å². The molecule has 0 aliphatic heterocycles. The summed E-state index contributed by atoms with van der Waals surface area (Å²) in [5.41, 5.74) is -0.274. The number of sulfonamides is 1. The summed E-state index contributed by atoms with van der Waals surface area (Å²) in [5.74, 6) is -1.33. The van der Waals surface area contributed by atoms with Gasteiger partial charge in [-0.2, -0.15) is 5.26 Å². The highest BCUT2D eigenvalue weighted by Gasteiger charge is 2.20. The maximum Gasteiger partial charge on any atom is 0.261 e. The van der Waals surface area contributed by atoms with Gasteiger partial charge in [-0.25, -0.2) is 17.8 Å². The number of fused-ring (bicyclic) bond motifs is 1. The Morgan fingerprint density at radius 3 is 2.76 bits per heavy atom. The minimum absolute atomic E-state index is 0.0873. The van der Waals surface area contributed by atoms with Gasteiger partial charge in [0.15, 0.2) is 11.6 Å². The predicted octanol–water partition coefficient (Wildman–Crippen LogP) is 2.89. The molecule has 3 rings (SSSR count). The minimum Gasteiger partial charge on any atom is -0.453 e. The average molecular weight is 416 g/mol. The van der Waals surface area contributed by atoms with Crippen LogP contribution in [0.3, 0.4) is 0 Å². The Balaban J connectivity index is 2.06. The van der Waals surface area contributed by atoms with Crippen molar-refractivity contribution in [1.82, 2.24) is 9.55 Å². The van der Waals surface area contributed by atoms with E-state index >= 15 is 0 Å². The van der Waals surface area contributed by atoms with Gasteiger partial charge in [-0.05, 0) is 36.8 Å². The van der Waals surface area contributed by atoms with Gasteiger partial charge in [-0.1, -0.05) is 6.92 Å². The summed E-state index contributed by atoms with van der Waals surface area (Å²) in [6, 6.07) is 8.33. The van der Waals surface area contributed by atoms with E-state index in [1.165, 1.54) is 29.1 Å². The number of aromatic nitrogens is 2. The fourth-order valence-electron chi connectivity index (χ4n) is 2.71. The van der Waals surface area contributed by atoms with E-state index in [0.717, 1.165) is 12.1 Å². The number of anilines is 1. The molecule has 2 aromatic carbocycles. The lowest BCUT2D eigenvalue weighted by Crippen LogP contribution is -2.17. The summed E-state index contributed by atoms with van der Waals surface area (Å²) < 4.78 is 47.6. The zero-order valence-corrected chi connectivity index (χ0v) is 16.5. The van der Waals surface area contributed by atoms with Crippen LogP contribution in [0.1, 0.15) is 18.9 Å². The normalized spacial score (nSPS) is 11.2. The third-order valence-electron chi connectivity index (χ3n) is 4.07. The summed E-state index contributed by atoms with van der Waals surface area (Å²) in [6.45, 7) is 1.70. The monoisotopic (exact) mass is 416 g/mol. The number of benzene rings is 2. The van der Waals surface area contributed by atoms with Crippen molar-refractivity contribution in [3.05, 3.63) is 58.4 Å². The van der Waals surface area contributed by atoms with Crippen LogP contribution in [-0.2, 0) is 17.1 Å². The smallest absolute Gasteiger partial charge is 0.261 e. The number of nitrogens with one attached hydrogen (secondary N) is 1. The van der Waals surface area contributed by atoms with E-state index in [9.17, 15) is 22.9 Å². The molecule has 0 amide bonds. The molecular formula is C19H17FN4O4S. The fraction of sp³-hybridized carbons (Fsp3) is 0.211. The molecule has 0 saturated heterocycles. The minimum atomic E-state index is -3.69. The van der Waals surface area contributed by atoms with Crippen molar-refractivity contribution in [2.75, 3.05) is 10.5 Å². The second-order valence-electron chi connectivity index (χ2n) is 6.27. The topological polar surface area (TPSA) is 114 Å². The molecule has 8 nitrogen and oxygen atoms in total. The van der Waals surface area contributed by atoms with E-state index in [1.54, 1.807) is 20.0 Å². The van der Waals surface area contributed by atoms with Gasteiger partial charge in [0.25, 0.3) is 5.56 Å². The van der Waals surface area contributed by atoms with Crippen molar-refractivity contribution < 1.29 is 17.5 Å². The Hall–Kier alpha value is -3.45. The molecule has 10 heteroatoms. The third-order valence-corrected chi connectivity index (χ3v) is 5.55. The van der Waals surface area contributed by atoms with Crippen LogP contribution in [0.5, 0.6) is 11.5 Å². The molecule has 0 aliphatic rings. The molecule has 1 N–H and O–H groups in total. The van der Waals surface area contributed by atoms with E-state index in [1.807, 2.05) is 0 Å². The SMILES string of the molecule is CCCS(=O)(=O)Nc1ccc(F)c(Oc2ccc3ncn(C)c(=O)c3c2)c1C#N. The van der Waals surface area contributed by atoms with E-state index < -0.39 is 21.6 Å². The molecule has 150 valence electrons. The molecule has 0 fully saturated rings. The highest BCUT2D eigenvalue weighted by Crippen LogP contribution is 2.34. The molecule has 0 aliphatic carbocycles. The molecule has 0 bridgehead atoms. The standard InChI is InChI=1S/C19H17FN4O4S/c1-3-8-29(26,27)23-17-7-5-15(20)18(14(17)10-21)28-12-4-6-16-13(9-12)19(25)24(2)11-22-16/h4-7,9,11,23H,3,8H2,1-2H3. The van der Waals surface area contributed by atoms with Crippen molar-refractivity contribution in [1.29, 1.82) is 5.26 Å². The summed E-state index contributed by atoms with van der Waals surface area (Å²) in [5, 5.41) is 9.74. The Bertz CT molecular complexity index is 1300. The molecule has 0 unspecified atom stereocenters. The van der Waals surface area contributed by atoms with Crippen molar-refractivity contribution in [2.24, 2.45) is 7.05 Å². The van der Waals surface area contributed by atoms with E-state index in [2.05, 4.69) is 9.71 Å². The van der Waals surface area contributed by atoms with E-state index in [-0.39, 0.29) is 33.7 Å². The average Bonchev–Trinajstić information content (AvgIpc) is 2.67. The van der Waals surface area contributed by atoms with Crippen LogP contribution in [0.4, 0.5) is 10.1 Å². The van der Waals surface area contributed by atoms with Gasteiger partial charge in [-0.3, -0.25) is 9.52 Å². The molecule has 1 aromatic heterocycles. The number of rotatable bonds is 6. The Morgan fingerprint density at radius 2 is 2.07 bits per heavy atom. The van der Waals surface area contributed by atoms with Crippen molar-refractivity contribution >= 4 is 26.6 Å². The molecule has 29 heavy (non-hydrogen) atoms. The van der Waals surface area contributed by atoms with Crippen LogP contribution in [0.15, 0.2) is 41.5 Å². The second kappa shape index (κ2) is 7.89. The maximum absolute atomic E-state index is 14.4. The van der Waals surface area contributed by atoms with Crippen LogP contribution in [0.25, 0.3) is 10.9 Å². The Morgan fingerprint density at radius 1 is 1.31 bits per heavy atom.